The summed E-state index contributed by atoms with van der Waals surface area (Å²) in [6.07, 6.45) is -4.50. The Morgan fingerprint density at radius 1 is 0.698 bits per heavy atom. The number of nitrogens with zero attached hydrogens (tertiary/aromatic N) is 1. The van der Waals surface area contributed by atoms with Crippen LogP contribution < -0.4 is 0 Å². The second kappa shape index (κ2) is 12.8. The Balaban J connectivity index is 1.19. The smallest absolute Gasteiger partial charge is 0.300 e. The molecule has 9 heteroatoms. The van der Waals surface area contributed by atoms with E-state index in [1.165, 1.54) is 17.7 Å². The molecular formula is C34H34F7NO. The van der Waals surface area contributed by atoms with Gasteiger partial charge in [-0.05, 0) is 116 Å². The van der Waals surface area contributed by atoms with Crippen LogP contribution in [-0.4, -0.2) is 29.8 Å². The summed E-state index contributed by atoms with van der Waals surface area (Å²) in [5, 5.41) is 0. The Morgan fingerprint density at radius 2 is 1.28 bits per heavy atom. The molecule has 3 aromatic rings. The van der Waals surface area contributed by atoms with Crippen LogP contribution in [0.2, 0.25) is 0 Å². The summed E-state index contributed by atoms with van der Waals surface area (Å²) >= 11 is 0. The molecule has 1 aliphatic heterocycles. The molecule has 1 saturated carbocycles. The molecule has 1 aliphatic carbocycles. The van der Waals surface area contributed by atoms with Crippen molar-refractivity contribution in [3.8, 4) is 0 Å². The van der Waals surface area contributed by atoms with E-state index in [0.717, 1.165) is 62.7 Å². The molecule has 0 N–H and O–H groups in total. The number of Topliss-reactive ketones (excluding diaryl/α,β-unsaturated/α-hetero) is 1. The molecule has 5 rings (SSSR count). The predicted octanol–water partition coefficient (Wildman–Crippen LogP) is 9.12. The minimum absolute atomic E-state index is 0.0510. The van der Waals surface area contributed by atoms with Crippen molar-refractivity contribution < 1.29 is 35.5 Å². The van der Waals surface area contributed by atoms with Crippen molar-refractivity contribution in [3.05, 3.63) is 106 Å². The number of carbonyl (C=O) groups is 1. The quantitative estimate of drug-likeness (QED) is 0.251. The van der Waals surface area contributed by atoms with Gasteiger partial charge in [0.2, 0.25) is 0 Å². The third kappa shape index (κ3) is 7.85. The number of ketones is 1. The van der Waals surface area contributed by atoms with E-state index >= 15 is 0 Å². The lowest BCUT2D eigenvalue weighted by Gasteiger charge is -2.41. The Bertz CT molecular complexity index is 1370. The number of benzene rings is 3. The molecule has 2 nitrogen and oxygen atoms in total. The molecule has 230 valence electrons. The van der Waals surface area contributed by atoms with Gasteiger partial charge in [-0.25, -0.2) is 4.39 Å². The molecule has 1 heterocycles. The van der Waals surface area contributed by atoms with Gasteiger partial charge in [0.15, 0.2) is 0 Å². The molecule has 0 spiro atoms. The van der Waals surface area contributed by atoms with Crippen LogP contribution in [-0.2, 0) is 30.0 Å². The van der Waals surface area contributed by atoms with E-state index in [-0.39, 0.29) is 29.8 Å². The SMILES string of the molecule is O=C(Cc1cc(C(F)(F)F)cc(C(F)(F)F)c1)Cc1ccccc1C1CCC(N2CCC(c3ccc(F)cc3)CC2)CC1. The van der Waals surface area contributed by atoms with Gasteiger partial charge in [-0.1, -0.05) is 36.4 Å². The zero-order valence-electron chi connectivity index (χ0n) is 23.7. The molecule has 2 fully saturated rings. The molecule has 0 atom stereocenters. The molecular weight excluding hydrogens is 571 g/mol. The monoisotopic (exact) mass is 605 g/mol. The van der Waals surface area contributed by atoms with E-state index in [4.69, 9.17) is 0 Å². The fourth-order valence-corrected chi connectivity index (χ4v) is 6.80. The van der Waals surface area contributed by atoms with Crippen molar-refractivity contribution in [2.75, 3.05) is 13.1 Å². The molecule has 43 heavy (non-hydrogen) atoms. The van der Waals surface area contributed by atoms with E-state index in [2.05, 4.69) is 4.90 Å². The number of rotatable bonds is 7. The number of piperidine rings is 1. The number of likely N-dealkylation sites (tertiary alicyclic amines) is 1. The first-order valence-corrected chi connectivity index (χ1v) is 14.7. The highest BCUT2D eigenvalue weighted by Crippen LogP contribution is 2.39. The van der Waals surface area contributed by atoms with Crippen LogP contribution in [0, 0.1) is 5.82 Å². The maximum Gasteiger partial charge on any atom is 0.416 e. The third-order valence-corrected chi connectivity index (χ3v) is 9.02. The number of halogens is 7. The van der Waals surface area contributed by atoms with Gasteiger partial charge in [0.25, 0.3) is 0 Å². The standard InChI is InChI=1S/C34H34F7NO/c35-29-9-5-23(6-10-29)24-13-15-42(16-14-24)30-11-7-25(8-12-30)32-4-2-1-3-26(32)20-31(43)19-22-17-27(33(36,37)38)21-28(18-22)34(39,40)41/h1-6,9-10,17-18,21,24-25,30H,7-8,11-16,19-20H2. The fourth-order valence-electron chi connectivity index (χ4n) is 6.80. The molecule has 0 amide bonds. The van der Waals surface area contributed by atoms with Crippen LogP contribution >= 0.6 is 0 Å². The van der Waals surface area contributed by atoms with Crippen LogP contribution in [0.3, 0.4) is 0 Å². The van der Waals surface area contributed by atoms with E-state index in [0.29, 0.717) is 24.1 Å². The van der Waals surface area contributed by atoms with Crippen molar-refractivity contribution in [2.24, 2.45) is 0 Å². The molecule has 2 aliphatic rings. The zero-order valence-corrected chi connectivity index (χ0v) is 23.7. The van der Waals surface area contributed by atoms with Gasteiger partial charge in [-0.15, -0.1) is 0 Å². The average Bonchev–Trinajstić information content (AvgIpc) is 2.97. The molecule has 0 radical (unpaired) electrons. The van der Waals surface area contributed by atoms with Gasteiger partial charge in [-0.2, -0.15) is 26.3 Å². The third-order valence-electron chi connectivity index (χ3n) is 9.02. The van der Waals surface area contributed by atoms with Crippen LogP contribution in [0.1, 0.15) is 83.7 Å². The first-order valence-electron chi connectivity index (χ1n) is 14.7. The molecule has 0 bridgehead atoms. The van der Waals surface area contributed by atoms with Crippen molar-refractivity contribution in [1.82, 2.24) is 4.90 Å². The van der Waals surface area contributed by atoms with Gasteiger partial charge in [0.05, 0.1) is 11.1 Å². The summed E-state index contributed by atoms with van der Waals surface area (Å²) in [6.45, 7) is 1.99. The number of hydrogen-bond acceptors (Lipinski definition) is 2. The van der Waals surface area contributed by atoms with Crippen molar-refractivity contribution in [2.45, 2.75) is 81.6 Å². The summed E-state index contributed by atoms with van der Waals surface area (Å²) in [7, 11) is 0. The van der Waals surface area contributed by atoms with Gasteiger partial charge < -0.3 is 4.90 Å². The molecule has 1 saturated heterocycles. The normalized spacial score (nSPS) is 20.7. The number of alkyl halides is 6. The van der Waals surface area contributed by atoms with Crippen LogP contribution in [0.4, 0.5) is 30.7 Å². The zero-order chi connectivity index (χ0) is 30.8. The summed E-state index contributed by atoms with van der Waals surface area (Å²) in [5.41, 5.74) is -0.134. The first kappa shape index (κ1) is 31.2. The lowest BCUT2D eigenvalue weighted by Crippen LogP contribution is -2.42. The second-order valence-corrected chi connectivity index (χ2v) is 11.9. The molecule has 0 unspecified atom stereocenters. The Morgan fingerprint density at radius 3 is 1.86 bits per heavy atom. The number of carbonyl (C=O) groups excluding carboxylic acids is 1. The van der Waals surface area contributed by atoms with Crippen molar-refractivity contribution in [3.63, 3.8) is 0 Å². The lowest BCUT2D eigenvalue weighted by molar-refractivity contribution is -0.143. The number of hydrogen-bond donors (Lipinski definition) is 0. The lowest BCUT2D eigenvalue weighted by atomic mass is 9.78. The van der Waals surface area contributed by atoms with E-state index in [9.17, 15) is 35.5 Å². The average molecular weight is 606 g/mol. The van der Waals surface area contributed by atoms with Crippen molar-refractivity contribution in [1.29, 1.82) is 0 Å². The van der Waals surface area contributed by atoms with Crippen molar-refractivity contribution >= 4 is 5.78 Å². The first-order chi connectivity index (χ1) is 20.4. The molecule has 0 aromatic heterocycles. The highest BCUT2D eigenvalue weighted by atomic mass is 19.4. The largest absolute Gasteiger partial charge is 0.416 e. The van der Waals surface area contributed by atoms with Gasteiger partial charge in [-0.3, -0.25) is 4.79 Å². The topological polar surface area (TPSA) is 20.3 Å². The Kier molecular flexibility index (Phi) is 9.30. The van der Waals surface area contributed by atoms with Gasteiger partial charge in [0.1, 0.15) is 11.6 Å². The predicted molar refractivity (Wildman–Crippen MR) is 150 cm³/mol. The van der Waals surface area contributed by atoms with Gasteiger partial charge >= 0.3 is 12.4 Å². The van der Waals surface area contributed by atoms with Crippen LogP contribution in [0.15, 0.2) is 66.7 Å². The van der Waals surface area contributed by atoms with Crippen LogP contribution in [0.25, 0.3) is 0 Å². The maximum absolute atomic E-state index is 13.3. The molecule has 3 aromatic carbocycles. The Labute approximate surface area is 246 Å². The van der Waals surface area contributed by atoms with E-state index < -0.39 is 35.7 Å². The minimum atomic E-state index is -4.96. The van der Waals surface area contributed by atoms with E-state index in [1.807, 2.05) is 30.3 Å². The fraction of sp³-hybridized carbons (Fsp3) is 0.441. The summed E-state index contributed by atoms with van der Waals surface area (Å²) < 4.78 is 92.8. The highest BCUT2D eigenvalue weighted by Gasteiger charge is 2.37. The minimum Gasteiger partial charge on any atom is -0.300 e. The Hall–Kier alpha value is -3.20. The van der Waals surface area contributed by atoms with Gasteiger partial charge in [0, 0.05) is 18.9 Å². The highest BCUT2D eigenvalue weighted by molar-refractivity contribution is 5.83. The summed E-state index contributed by atoms with van der Waals surface area (Å²) in [4.78, 5) is 15.5. The van der Waals surface area contributed by atoms with E-state index in [1.54, 1.807) is 6.07 Å². The summed E-state index contributed by atoms with van der Waals surface area (Å²) in [5.74, 6) is 0.0210. The summed E-state index contributed by atoms with van der Waals surface area (Å²) in [6, 6.07) is 16.1. The second-order valence-electron chi connectivity index (χ2n) is 11.9. The maximum atomic E-state index is 13.3. The van der Waals surface area contributed by atoms with Crippen LogP contribution in [0.5, 0.6) is 0 Å².